The molecule has 2 amide bonds. The minimum Gasteiger partial charge on any atom is -0.478 e. The molecule has 1 aliphatic rings. The van der Waals surface area contributed by atoms with Crippen molar-refractivity contribution in [2.45, 2.75) is 26.3 Å². The zero-order chi connectivity index (χ0) is 18.1. The van der Waals surface area contributed by atoms with Crippen LogP contribution in [0.4, 0.5) is 11.4 Å². The molecule has 0 aliphatic carbocycles. The normalized spacial score (nSPS) is 17.0. The molecule has 6 nitrogen and oxygen atoms in total. The minimum absolute atomic E-state index is 0.0313. The van der Waals surface area contributed by atoms with Crippen molar-refractivity contribution < 1.29 is 19.5 Å². The number of rotatable bonds is 4. The highest BCUT2D eigenvalue weighted by molar-refractivity contribution is 6.23. The van der Waals surface area contributed by atoms with Crippen LogP contribution in [0.2, 0.25) is 0 Å². The van der Waals surface area contributed by atoms with Gasteiger partial charge in [0.05, 0.1) is 17.7 Å². The summed E-state index contributed by atoms with van der Waals surface area (Å²) in [5.41, 5.74) is 3.16. The van der Waals surface area contributed by atoms with Crippen LogP contribution in [0.15, 0.2) is 42.5 Å². The van der Waals surface area contributed by atoms with Crippen molar-refractivity contribution in [3.8, 4) is 0 Å². The summed E-state index contributed by atoms with van der Waals surface area (Å²) in [5, 5.41) is 12.2. The van der Waals surface area contributed by atoms with Gasteiger partial charge in [0.1, 0.15) is 6.04 Å². The first-order chi connectivity index (χ1) is 11.9. The summed E-state index contributed by atoms with van der Waals surface area (Å²) < 4.78 is 0. The molecule has 2 aromatic rings. The molecule has 1 saturated heterocycles. The van der Waals surface area contributed by atoms with Crippen LogP contribution in [0.5, 0.6) is 0 Å². The Morgan fingerprint density at radius 3 is 2.64 bits per heavy atom. The Kier molecular flexibility index (Phi) is 4.27. The number of aromatic carboxylic acids is 1. The first kappa shape index (κ1) is 16.7. The standard InChI is InChI=1S/C19H18N2O4/c1-11-6-7-12(2)15(8-11)20-16-10-17(22)21(18(16)23)14-5-3-4-13(9-14)19(24)25/h3-9,16,20H,10H2,1-2H3,(H,24,25). The SMILES string of the molecule is Cc1ccc(C)c(NC2CC(=O)N(c3cccc(C(=O)O)c3)C2=O)c1. The highest BCUT2D eigenvalue weighted by Gasteiger charge is 2.39. The molecule has 3 rings (SSSR count). The molecule has 0 aromatic heterocycles. The number of nitrogens with zero attached hydrogens (tertiary/aromatic N) is 1. The third-order valence-electron chi connectivity index (χ3n) is 4.22. The van der Waals surface area contributed by atoms with E-state index in [0.717, 1.165) is 21.7 Å². The van der Waals surface area contributed by atoms with Crippen LogP contribution in [0.25, 0.3) is 0 Å². The maximum absolute atomic E-state index is 12.7. The highest BCUT2D eigenvalue weighted by atomic mass is 16.4. The molecule has 128 valence electrons. The van der Waals surface area contributed by atoms with Gasteiger partial charge >= 0.3 is 5.97 Å². The lowest BCUT2D eigenvalue weighted by atomic mass is 10.1. The lowest BCUT2D eigenvalue weighted by molar-refractivity contribution is -0.121. The number of carboxylic acid groups (broad SMARTS) is 1. The quantitative estimate of drug-likeness (QED) is 0.837. The average molecular weight is 338 g/mol. The molecule has 1 atom stereocenters. The number of amides is 2. The maximum Gasteiger partial charge on any atom is 0.335 e. The van der Waals surface area contributed by atoms with Gasteiger partial charge in [0.25, 0.3) is 5.91 Å². The van der Waals surface area contributed by atoms with Crippen LogP contribution >= 0.6 is 0 Å². The Labute approximate surface area is 145 Å². The fourth-order valence-electron chi connectivity index (χ4n) is 2.87. The van der Waals surface area contributed by atoms with Crippen LogP contribution in [0.3, 0.4) is 0 Å². The maximum atomic E-state index is 12.7. The summed E-state index contributed by atoms with van der Waals surface area (Å²) in [6.07, 6.45) is 0.0313. The lowest BCUT2D eigenvalue weighted by Crippen LogP contribution is -2.35. The molecule has 25 heavy (non-hydrogen) atoms. The molecule has 0 spiro atoms. The van der Waals surface area contributed by atoms with E-state index < -0.39 is 12.0 Å². The summed E-state index contributed by atoms with van der Waals surface area (Å²) >= 11 is 0. The first-order valence-electron chi connectivity index (χ1n) is 7.91. The van der Waals surface area contributed by atoms with Crippen molar-refractivity contribution in [3.05, 3.63) is 59.2 Å². The molecule has 2 aromatic carbocycles. The molecule has 0 radical (unpaired) electrons. The number of nitrogens with one attached hydrogen (secondary N) is 1. The first-order valence-corrected chi connectivity index (χ1v) is 7.91. The van der Waals surface area contributed by atoms with E-state index in [4.69, 9.17) is 5.11 Å². The molecule has 1 aliphatic heterocycles. The van der Waals surface area contributed by atoms with E-state index in [-0.39, 0.29) is 29.5 Å². The van der Waals surface area contributed by atoms with Crippen LogP contribution in [0, 0.1) is 13.8 Å². The second-order valence-corrected chi connectivity index (χ2v) is 6.14. The summed E-state index contributed by atoms with van der Waals surface area (Å²) in [6, 6.07) is 11.0. The number of anilines is 2. The molecule has 2 N–H and O–H groups in total. The van der Waals surface area contributed by atoms with Gasteiger partial charge in [-0.2, -0.15) is 0 Å². The van der Waals surface area contributed by atoms with E-state index in [2.05, 4.69) is 5.32 Å². The smallest absolute Gasteiger partial charge is 0.335 e. The van der Waals surface area contributed by atoms with Crippen molar-refractivity contribution in [2.24, 2.45) is 0 Å². The second-order valence-electron chi connectivity index (χ2n) is 6.14. The lowest BCUT2D eigenvalue weighted by Gasteiger charge is -2.17. The summed E-state index contributed by atoms with van der Waals surface area (Å²) in [6.45, 7) is 3.88. The average Bonchev–Trinajstić information content (AvgIpc) is 2.85. The number of benzene rings is 2. The van der Waals surface area contributed by atoms with Gasteiger partial charge in [-0.05, 0) is 49.2 Å². The number of aryl methyl sites for hydroxylation is 2. The van der Waals surface area contributed by atoms with Gasteiger partial charge in [0.15, 0.2) is 0 Å². The van der Waals surface area contributed by atoms with Gasteiger partial charge < -0.3 is 10.4 Å². The Bertz CT molecular complexity index is 875. The van der Waals surface area contributed by atoms with E-state index in [9.17, 15) is 14.4 Å². The Hall–Kier alpha value is -3.15. The Balaban J connectivity index is 1.86. The van der Waals surface area contributed by atoms with Gasteiger partial charge in [0.2, 0.25) is 5.91 Å². The zero-order valence-corrected chi connectivity index (χ0v) is 13.9. The summed E-state index contributed by atoms with van der Waals surface area (Å²) in [4.78, 5) is 37.2. The van der Waals surface area contributed by atoms with Crippen LogP contribution in [-0.4, -0.2) is 28.9 Å². The Morgan fingerprint density at radius 1 is 1.16 bits per heavy atom. The monoisotopic (exact) mass is 338 g/mol. The third kappa shape index (κ3) is 3.24. The van der Waals surface area contributed by atoms with Crippen molar-refractivity contribution in [3.63, 3.8) is 0 Å². The molecule has 6 heteroatoms. The molecule has 1 fully saturated rings. The fraction of sp³-hybridized carbons (Fsp3) is 0.211. The van der Waals surface area contributed by atoms with Crippen molar-refractivity contribution in [1.82, 2.24) is 0 Å². The number of carbonyl (C=O) groups excluding carboxylic acids is 2. The second kappa shape index (κ2) is 6.39. The number of hydrogen-bond donors (Lipinski definition) is 2. The van der Waals surface area contributed by atoms with Gasteiger partial charge in [-0.3, -0.25) is 9.59 Å². The van der Waals surface area contributed by atoms with E-state index in [1.807, 2.05) is 32.0 Å². The summed E-state index contributed by atoms with van der Waals surface area (Å²) in [5.74, 6) is -1.84. The number of carbonyl (C=O) groups is 3. The molecule has 1 unspecified atom stereocenters. The predicted molar refractivity (Wildman–Crippen MR) is 93.8 cm³/mol. The topological polar surface area (TPSA) is 86.7 Å². The largest absolute Gasteiger partial charge is 0.478 e. The van der Waals surface area contributed by atoms with Crippen molar-refractivity contribution in [1.29, 1.82) is 0 Å². The number of carboxylic acids is 1. The number of hydrogen-bond acceptors (Lipinski definition) is 4. The van der Waals surface area contributed by atoms with Gasteiger partial charge in [-0.25, -0.2) is 9.69 Å². The van der Waals surface area contributed by atoms with Crippen molar-refractivity contribution in [2.75, 3.05) is 10.2 Å². The fourth-order valence-corrected chi connectivity index (χ4v) is 2.87. The molecule has 0 bridgehead atoms. The van der Waals surface area contributed by atoms with E-state index in [1.54, 1.807) is 6.07 Å². The molecular weight excluding hydrogens is 320 g/mol. The Morgan fingerprint density at radius 2 is 1.92 bits per heavy atom. The van der Waals surface area contributed by atoms with Gasteiger partial charge in [-0.1, -0.05) is 18.2 Å². The van der Waals surface area contributed by atoms with Crippen LogP contribution in [0.1, 0.15) is 27.9 Å². The van der Waals surface area contributed by atoms with Crippen LogP contribution in [-0.2, 0) is 9.59 Å². The van der Waals surface area contributed by atoms with Gasteiger partial charge in [-0.15, -0.1) is 0 Å². The minimum atomic E-state index is -1.11. The van der Waals surface area contributed by atoms with E-state index in [1.165, 1.54) is 18.2 Å². The van der Waals surface area contributed by atoms with Gasteiger partial charge in [0, 0.05) is 5.69 Å². The predicted octanol–water partition coefficient (Wildman–Crippen LogP) is 2.75. The van der Waals surface area contributed by atoms with E-state index >= 15 is 0 Å². The van der Waals surface area contributed by atoms with Crippen molar-refractivity contribution >= 4 is 29.2 Å². The zero-order valence-electron chi connectivity index (χ0n) is 13.9. The molecular formula is C19H18N2O4. The molecule has 0 saturated carbocycles. The third-order valence-corrected chi connectivity index (χ3v) is 4.22. The summed E-state index contributed by atoms with van der Waals surface area (Å²) in [7, 11) is 0. The highest BCUT2D eigenvalue weighted by Crippen LogP contribution is 2.27. The van der Waals surface area contributed by atoms with E-state index in [0.29, 0.717) is 0 Å². The molecule has 1 heterocycles. The number of imide groups is 1. The van der Waals surface area contributed by atoms with Crippen LogP contribution < -0.4 is 10.2 Å².